The number of nitrogens with one attached hydrogen (secondary N) is 1. The summed E-state index contributed by atoms with van der Waals surface area (Å²) in [7, 11) is 0. The van der Waals surface area contributed by atoms with E-state index in [1.165, 1.54) is 16.7 Å². The van der Waals surface area contributed by atoms with Gasteiger partial charge in [0.25, 0.3) is 0 Å². The van der Waals surface area contributed by atoms with E-state index < -0.39 is 0 Å². The molecule has 0 unspecified atom stereocenters. The quantitative estimate of drug-likeness (QED) is 0.836. The molecule has 0 saturated carbocycles. The Morgan fingerprint density at radius 1 is 1.19 bits per heavy atom. The first-order valence-corrected chi connectivity index (χ1v) is 5.61. The van der Waals surface area contributed by atoms with Crippen molar-refractivity contribution in [1.82, 2.24) is 15.2 Å². The van der Waals surface area contributed by atoms with Gasteiger partial charge in [-0.05, 0) is 43.9 Å². The smallest absolute Gasteiger partial charge is 0.0768 e. The Balaban J connectivity index is 2.66. The summed E-state index contributed by atoms with van der Waals surface area (Å²) in [6.45, 7) is 8.55. The van der Waals surface area contributed by atoms with E-state index in [9.17, 15) is 0 Å². The number of nitrogens with zero attached hydrogens (tertiary/aromatic N) is 2. The maximum Gasteiger partial charge on any atom is 0.0768 e. The molecule has 16 heavy (non-hydrogen) atoms. The molecule has 84 valence electrons. The number of rotatable bonds is 2. The molecule has 3 nitrogen and oxygen atoms in total. The number of aryl methyl sites for hydroxylation is 1. The second-order valence-corrected chi connectivity index (χ2v) is 4.11. The minimum absolute atomic E-state index is 1.04. The van der Waals surface area contributed by atoms with Gasteiger partial charge in [0.2, 0.25) is 0 Å². The third kappa shape index (κ3) is 1.62. The zero-order valence-corrected chi connectivity index (χ0v) is 10.3. The van der Waals surface area contributed by atoms with E-state index in [-0.39, 0.29) is 0 Å². The molecule has 0 aliphatic rings. The lowest BCUT2D eigenvalue weighted by atomic mass is 9.97. The van der Waals surface area contributed by atoms with Crippen molar-refractivity contribution in [3.63, 3.8) is 0 Å². The Bertz CT molecular complexity index is 498. The number of aromatic nitrogens is 3. The number of hydrogen-bond donors (Lipinski definition) is 1. The Morgan fingerprint density at radius 2 is 1.94 bits per heavy atom. The van der Waals surface area contributed by atoms with Crippen molar-refractivity contribution in [3.05, 3.63) is 34.8 Å². The number of H-pyrrole nitrogens is 1. The molecule has 0 aliphatic heterocycles. The Kier molecular flexibility index (Phi) is 2.77. The lowest BCUT2D eigenvalue weighted by Gasteiger charge is -2.13. The summed E-state index contributed by atoms with van der Waals surface area (Å²) in [6.07, 6.45) is 4.75. The van der Waals surface area contributed by atoms with Crippen molar-refractivity contribution >= 4 is 0 Å². The zero-order chi connectivity index (χ0) is 11.7. The molecular weight excluding hydrogens is 198 g/mol. The average molecular weight is 215 g/mol. The topological polar surface area (TPSA) is 41.6 Å². The normalized spacial score (nSPS) is 10.8. The van der Waals surface area contributed by atoms with Crippen molar-refractivity contribution in [1.29, 1.82) is 0 Å². The second-order valence-electron chi connectivity index (χ2n) is 4.11. The highest BCUT2D eigenvalue weighted by Crippen LogP contribution is 2.26. The average Bonchev–Trinajstić information content (AvgIpc) is 2.77. The lowest BCUT2D eigenvalue weighted by molar-refractivity contribution is 1.01. The Hall–Kier alpha value is -1.64. The van der Waals surface area contributed by atoms with Gasteiger partial charge in [-0.2, -0.15) is 5.10 Å². The molecule has 0 fully saturated rings. The van der Waals surface area contributed by atoms with Crippen LogP contribution in [0.3, 0.4) is 0 Å². The fourth-order valence-corrected chi connectivity index (χ4v) is 2.18. The molecule has 2 rings (SSSR count). The van der Waals surface area contributed by atoms with Crippen molar-refractivity contribution in [2.24, 2.45) is 0 Å². The van der Waals surface area contributed by atoms with Crippen LogP contribution in [0.1, 0.15) is 29.3 Å². The van der Waals surface area contributed by atoms with E-state index in [1.807, 2.05) is 12.4 Å². The highest BCUT2D eigenvalue weighted by atomic mass is 15.1. The Labute approximate surface area is 95.9 Å². The largest absolute Gasteiger partial charge is 0.285 e. The van der Waals surface area contributed by atoms with Crippen LogP contribution >= 0.6 is 0 Å². The molecule has 0 atom stereocenters. The van der Waals surface area contributed by atoms with Crippen LogP contribution in [0.5, 0.6) is 0 Å². The van der Waals surface area contributed by atoms with Crippen LogP contribution in [0.2, 0.25) is 0 Å². The SMILES string of the molecule is CCc1c(C)nc(-c2cn[nH]c2)c(C)c1C. The molecule has 3 heteroatoms. The molecule has 0 spiro atoms. The third-order valence-electron chi connectivity index (χ3n) is 3.21. The number of aromatic amines is 1. The van der Waals surface area contributed by atoms with Gasteiger partial charge in [-0.15, -0.1) is 0 Å². The van der Waals surface area contributed by atoms with E-state index in [0.29, 0.717) is 0 Å². The molecule has 2 heterocycles. The summed E-state index contributed by atoms with van der Waals surface area (Å²) in [5.41, 5.74) is 7.20. The van der Waals surface area contributed by atoms with Gasteiger partial charge >= 0.3 is 0 Å². The first kappa shape index (κ1) is 10.9. The van der Waals surface area contributed by atoms with E-state index in [0.717, 1.165) is 23.4 Å². The summed E-state index contributed by atoms with van der Waals surface area (Å²) in [6, 6.07) is 0. The standard InChI is InChI=1S/C13H17N3/c1-5-12-8(2)9(3)13(16-10(12)4)11-6-14-15-7-11/h6-7H,5H2,1-4H3,(H,14,15). The van der Waals surface area contributed by atoms with Gasteiger partial charge in [0.15, 0.2) is 0 Å². The van der Waals surface area contributed by atoms with Crippen LogP contribution in [0.25, 0.3) is 11.3 Å². The van der Waals surface area contributed by atoms with Crippen LogP contribution in [0, 0.1) is 20.8 Å². The minimum Gasteiger partial charge on any atom is -0.285 e. The predicted octanol–water partition coefficient (Wildman–Crippen LogP) is 2.96. The fraction of sp³-hybridized carbons (Fsp3) is 0.385. The number of pyridine rings is 1. The zero-order valence-electron chi connectivity index (χ0n) is 10.3. The van der Waals surface area contributed by atoms with Crippen molar-refractivity contribution in [2.45, 2.75) is 34.1 Å². The van der Waals surface area contributed by atoms with Gasteiger partial charge in [0.05, 0.1) is 11.9 Å². The molecule has 0 aliphatic carbocycles. The van der Waals surface area contributed by atoms with Gasteiger partial charge < -0.3 is 0 Å². The Morgan fingerprint density at radius 3 is 2.50 bits per heavy atom. The van der Waals surface area contributed by atoms with E-state index in [1.54, 1.807) is 0 Å². The van der Waals surface area contributed by atoms with Crippen LogP contribution < -0.4 is 0 Å². The molecule has 0 saturated heterocycles. The molecule has 1 N–H and O–H groups in total. The maximum absolute atomic E-state index is 4.69. The van der Waals surface area contributed by atoms with Crippen molar-refractivity contribution in [3.8, 4) is 11.3 Å². The van der Waals surface area contributed by atoms with E-state index in [4.69, 9.17) is 0 Å². The monoisotopic (exact) mass is 215 g/mol. The highest BCUT2D eigenvalue weighted by Gasteiger charge is 2.12. The highest BCUT2D eigenvalue weighted by molar-refractivity contribution is 5.64. The lowest BCUT2D eigenvalue weighted by Crippen LogP contribution is -2.01. The maximum atomic E-state index is 4.69. The number of hydrogen-bond acceptors (Lipinski definition) is 2. The molecule has 0 aromatic carbocycles. The van der Waals surface area contributed by atoms with Crippen LogP contribution in [0.4, 0.5) is 0 Å². The first-order valence-electron chi connectivity index (χ1n) is 5.61. The molecule has 2 aromatic heterocycles. The van der Waals surface area contributed by atoms with Crippen molar-refractivity contribution in [2.75, 3.05) is 0 Å². The summed E-state index contributed by atoms with van der Waals surface area (Å²) >= 11 is 0. The van der Waals surface area contributed by atoms with Gasteiger partial charge in [-0.25, -0.2) is 0 Å². The molecule has 2 aromatic rings. The second kappa shape index (κ2) is 4.08. The first-order chi connectivity index (χ1) is 7.65. The van der Waals surface area contributed by atoms with Gasteiger partial charge in [-0.1, -0.05) is 6.92 Å². The summed E-state index contributed by atoms with van der Waals surface area (Å²) in [5.74, 6) is 0. The van der Waals surface area contributed by atoms with Crippen LogP contribution in [-0.2, 0) is 6.42 Å². The molecule has 0 radical (unpaired) electrons. The molecular formula is C13H17N3. The van der Waals surface area contributed by atoms with E-state index in [2.05, 4.69) is 42.9 Å². The summed E-state index contributed by atoms with van der Waals surface area (Å²) in [4.78, 5) is 4.69. The molecule has 0 bridgehead atoms. The van der Waals surface area contributed by atoms with Gasteiger partial charge in [-0.3, -0.25) is 10.1 Å². The van der Waals surface area contributed by atoms with Gasteiger partial charge in [0, 0.05) is 17.5 Å². The summed E-state index contributed by atoms with van der Waals surface area (Å²) in [5, 5.41) is 6.81. The summed E-state index contributed by atoms with van der Waals surface area (Å²) < 4.78 is 0. The van der Waals surface area contributed by atoms with Crippen molar-refractivity contribution < 1.29 is 0 Å². The van der Waals surface area contributed by atoms with Crippen LogP contribution in [0.15, 0.2) is 12.4 Å². The van der Waals surface area contributed by atoms with Gasteiger partial charge in [0.1, 0.15) is 0 Å². The van der Waals surface area contributed by atoms with E-state index >= 15 is 0 Å². The molecule has 0 amide bonds. The third-order valence-corrected chi connectivity index (χ3v) is 3.21. The fourth-order valence-electron chi connectivity index (χ4n) is 2.18. The van der Waals surface area contributed by atoms with Crippen LogP contribution in [-0.4, -0.2) is 15.2 Å². The predicted molar refractivity (Wildman–Crippen MR) is 65.4 cm³/mol. The minimum atomic E-state index is 1.04.